The van der Waals surface area contributed by atoms with E-state index in [1.807, 2.05) is 6.92 Å². The van der Waals surface area contributed by atoms with Gasteiger partial charge in [-0.05, 0) is 25.1 Å². The highest BCUT2D eigenvalue weighted by Gasteiger charge is 2.34. The van der Waals surface area contributed by atoms with E-state index in [-0.39, 0.29) is 0 Å². The van der Waals surface area contributed by atoms with E-state index in [4.69, 9.17) is 0 Å². The maximum Gasteiger partial charge on any atom is 0.419 e. The third-order valence-corrected chi connectivity index (χ3v) is 2.68. The van der Waals surface area contributed by atoms with Crippen molar-refractivity contribution in [2.45, 2.75) is 19.5 Å². The first-order valence-corrected chi connectivity index (χ1v) is 5.60. The normalized spacial score (nSPS) is 11.9. The van der Waals surface area contributed by atoms with Gasteiger partial charge in [0.2, 0.25) is 0 Å². The van der Waals surface area contributed by atoms with Crippen molar-refractivity contribution < 1.29 is 17.6 Å². The summed E-state index contributed by atoms with van der Waals surface area (Å²) in [5, 5.41) is 0. The molecule has 2 rings (SSSR count). The molecule has 1 aromatic carbocycles. The molecule has 0 spiro atoms. The van der Waals surface area contributed by atoms with E-state index in [9.17, 15) is 17.6 Å². The molecule has 0 aliphatic heterocycles. The SMILES string of the molecule is [CH2]c1cn(-c2ccc(C(F)(F)F)c(F)c2)c(CC)n1. The van der Waals surface area contributed by atoms with Crippen molar-refractivity contribution in [3.8, 4) is 5.69 Å². The Labute approximate surface area is 107 Å². The van der Waals surface area contributed by atoms with Gasteiger partial charge in [-0.2, -0.15) is 13.2 Å². The first-order valence-electron chi connectivity index (χ1n) is 5.60. The van der Waals surface area contributed by atoms with Crippen LogP contribution in [0.15, 0.2) is 24.4 Å². The molecule has 2 aromatic rings. The summed E-state index contributed by atoms with van der Waals surface area (Å²) >= 11 is 0. The predicted molar refractivity (Wildman–Crippen MR) is 62.4 cm³/mol. The second-order valence-electron chi connectivity index (χ2n) is 4.03. The number of hydrogen-bond acceptors (Lipinski definition) is 1. The van der Waals surface area contributed by atoms with Crippen LogP contribution >= 0.6 is 0 Å². The highest BCUT2D eigenvalue weighted by molar-refractivity contribution is 5.38. The minimum atomic E-state index is -4.69. The van der Waals surface area contributed by atoms with Crippen LogP contribution < -0.4 is 0 Å². The van der Waals surface area contributed by atoms with Crippen LogP contribution in [0.4, 0.5) is 17.6 Å². The Morgan fingerprint density at radius 1 is 1.32 bits per heavy atom. The fourth-order valence-corrected chi connectivity index (χ4v) is 1.83. The molecule has 0 atom stereocenters. The molecule has 0 amide bonds. The number of hydrogen-bond donors (Lipinski definition) is 0. The summed E-state index contributed by atoms with van der Waals surface area (Å²) in [4.78, 5) is 4.11. The number of aryl methyl sites for hydroxylation is 1. The molecular weight excluding hydrogens is 260 g/mol. The van der Waals surface area contributed by atoms with Gasteiger partial charge in [0.15, 0.2) is 0 Å². The Balaban J connectivity index is 2.50. The summed E-state index contributed by atoms with van der Waals surface area (Å²) < 4.78 is 52.4. The lowest BCUT2D eigenvalue weighted by atomic mass is 10.2. The number of rotatable bonds is 2. The number of alkyl halides is 3. The van der Waals surface area contributed by atoms with Crippen molar-refractivity contribution in [1.82, 2.24) is 9.55 Å². The van der Waals surface area contributed by atoms with Gasteiger partial charge in [-0.15, -0.1) is 0 Å². The van der Waals surface area contributed by atoms with Crippen molar-refractivity contribution >= 4 is 0 Å². The zero-order chi connectivity index (χ0) is 14.2. The van der Waals surface area contributed by atoms with E-state index in [0.29, 0.717) is 23.6 Å². The average Bonchev–Trinajstić information content (AvgIpc) is 2.68. The molecule has 0 bridgehead atoms. The largest absolute Gasteiger partial charge is 0.419 e. The number of imidazole rings is 1. The lowest BCUT2D eigenvalue weighted by molar-refractivity contribution is -0.139. The van der Waals surface area contributed by atoms with Gasteiger partial charge in [0.05, 0.1) is 11.3 Å². The molecule has 1 radical (unpaired) electrons. The summed E-state index contributed by atoms with van der Waals surface area (Å²) in [6, 6.07) is 2.79. The van der Waals surface area contributed by atoms with Gasteiger partial charge in [0, 0.05) is 18.3 Å². The Hall–Kier alpha value is -1.85. The quantitative estimate of drug-likeness (QED) is 0.760. The Morgan fingerprint density at radius 2 is 2.00 bits per heavy atom. The highest BCUT2D eigenvalue weighted by atomic mass is 19.4. The molecule has 0 N–H and O–H groups in total. The van der Waals surface area contributed by atoms with Crippen molar-refractivity contribution in [3.63, 3.8) is 0 Å². The molecule has 1 heterocycles. The topological polar surface area (TPSA) is 17.8 Å². The van der Waals surface area contributed by atoms with Crippen LogP contribution in [-0.2, 0) is 12.6 Å². The highest BCUT2D eigenvalue weighted by Crippen LogP contribution is 2.32. The molecule has 0 unspecified atom stereocenters. The monoisotopic (exact) mass is 271 g/mol. The van der Waals surface area contributed by atoms with Gasteiger partial charge >= 0.3 is 6.18 Å². The van der Waals surface area contributed by atoms with Crippen molar-refractivity contribution in [3.05, 3.63) is 54.2 Å². The van der Waals surface area contributed by atoms with Crippen LogP contribution in [0.2, 0.25) is 0 Å². The van der Waals surface area contributed by atoms with E-state index >= 15 is 0 Å². The molecule has 0 fully saturated rings. The van der Waals surface area contributed by atoms with Gasteiger partial charge < -0.3 is 4.57 Å². The lowest BCUT2D eigenvalue weighted by Gasteiger charge is -2.11. The molecule has 19 heavy (non-hydrogen) atoms. The zero-order valence-electron chi connectivity index (χ0n) is 10.1. The summed E-state index contributed by atoms with van der Waals surface area (Å²) in [6.45, 7) is 5.49. The second-order valence-corrected chi connectivity index (χ2v) is 4.03. The first-order chi connectivity index (χ1) is 8.82. The molecule has 101 valence electrons. The molecule has 1 aromatic heterocycles. The Kier molecular flexibility index (Phi) is 3.34. The standard InChI is InChI=1S/C13H11F4N2/c1-3-12-18-8(2)7-19(12)9-4-5-10(11(14)6-9)13(15,16)17/h4-7H,2-3H2,1H3. The fourth-order valence-electron chi connectivity index (χ4n) is 1.83. The van der Waals surface area contributed by atoms with E-state index < -0.39 is 17.6 Å². The van der Waals surface area contributed by atoms with Gasteiger partial charge in [0.1, 0.15) is 11.6 Å². The molecule has 0 aliphatic rings. The van der Waals surface area contributed by atoms with Crippen molar-refractivity contribution in [2.75, 3.05) is 0 Å². The molecule has 0 saturated heterocycles. The smallest absolute Gasteiger partial charge is 0.303 e. The maximum atomic E-state index is 13.5. The van der Waals surface area contributed by atoms with Gasteiger partial charge in [-0.1, -0.05) is 6.92 Å². The average molecular weight is 271 g/mol. The van der Waals surface area contributed by atoms with E-state index in [2.05, 4.69) is 11.9 Å². The van der Waals surface area contributed by atoms with E-state index in [0.717, 1.165) is 12.1 Å². The molecule has 0 aliphatic carbocycles. The van der Waals surface area contributed by atoms with Crippen LogP contribution in [0.5, 0.6) is 0 Å². The number of aromatic nitrogens is 2. The van der Waals surface area contributed by atoms with Crippen LogP contribution in [0.25, 0.3) is 5.69 Å². The van der Waals surface area contributed by atoms with Crippen molar-refractivity contribution in [1.29, 1.82) is 0 Å². The first kappa shape index (κ1) is 13.6. The third-order valence-electron chi connectivity index (χ3n) is 2.68. The second kappa shape index (κ2) is 4.68. The van der Waals surface area contributed by atoms with Crippen molar-refractivity contribution in [2.24, 2.45) is 0 Å². The van der Waals surface area contributed by atoms with Gasteiger partial charge in [-0.3, -0.25) is 0 Å². The Bertz CT molecular complexity index is 599. The van der Waals surface area contributed by atoms with Crippen LogP contribution in [0.1, 0.15) is 24.0 Å². The van der Waals surface area contributed by atoms with E-state index in [1.165, 1.54) is 10.6 Å². The predicted octanol–water partition coefficient (Wildman–Crippen LogP) is 3.77. The summed E-state index contributed by atoms with van der Waals surface area (Å²) in [7, 11) is 0. The van der Waals surface area contributed by atoms with Gasteiger partial charge in [-0.25, -0.2) is 9.37 Å². The van der Waals surface area contributed by atoms with Crippen LogP contribution in [0, 0.1) is 12.7 Å². The number of halogens is 4. The van der Waals surface area contributed by atoms with Crippen LogP contribution in [-0.4, -0.2) is 9.55 Å². The lowest BCUT2D eigenvalue weighted by Crippen LogP contribution is -2.09. The maximum absolute atomic E-state index is 13.5. The fraction of sp³-hybridized carbons (Fsp3) is 0.231. The number of benzene rings is 1. The summed E-state index contributed by atoms with van der Waals surface area (Å²) in [5.74, 6) is -0.685. The van der Waals surface area contributed by atoms with E-state index in [1.54, 1.807) is 6.20 Å². The minimum Gasteiger partial charge on any atom is -0.303 e. The minimum absolute atomic E-state index is 0.296. The molecule has 6 heteroatoms. The molecule has 0 saturated carbocycles. The third kappa shape index (κ3) is 2.62. The van der Waals surface area contributed by atoms with Crippen LogP contribution in [0.3, 0.4) is 0 Å². The summed E-state index contributed by atoms with van der Waals surface area (Å²) in [5.41, 5.74) is -0.494. The summed E-state index contributed by atoms with van der Waals surface area (Å²) in [6.07, 6.45) is -2.57. The Morgan fingerprint density at radius 3 is 2.53 bits per heavy atom. The number of nitrogens with zero attached hydrogens (tertiary/aromatic N) is 2. The zero-order valence-corrected chi connectivity index (χ0v) is 10.1. The molecule has 2 nitrogen and oxygen atoms in total. The molecular formula is C13H11F4N2. The van der Waals surface area contributed by atoms with Gasteiger partial charge in [0.25, 0.3) is 0 Å².